The lowest BCUT2D eigenvalue weighted by atomic mass is 10.3. The van der Waals surface area contributed by atoms with Gasteiger partial charge in [-0.15, -0.1) is 21.5 Å². The van der Waals surface area contributed by atoms with Gasteiger partial charge in [0.25, 0.3) is 5.91 Å². The lowest BCUT2D eigenvalue weighted by Crippen LogP contribution is -2.29. The summed E-state index contributed by atoms with van der Waals surface area (Å²) in [7, 11) is 0. The van der Waals surface area contributed by atoms with Gasteiger partial charge in [-0.1, -0.05) is 11.2 Å². The number of carbonyl (C=O) groups is 1. The molecule has 0 fully saturated rings. The summed E-state index contributed by atoms with van der Waals surface area (Å²) in [5.41, 5.74) is 0.252. The molecule has 4 aromatic rings. The van der Waals surface area contributed by atoms with Crippen LogP contribution in [0.4, 0.5) is 5.82 Å². The Hall–Kier alpha value is -3.53. The second-order valence-electron chi connectivity index (χ2n) is 5.46. The van der Waals surface area contributed by atoms with Crippen LogP contribution in [-0.2, 0) is 0 Å². The predicted octanol–water partition coefficient (Wildman–Crippen LogP) is 2.22. The zero-order valence-corrected chi connectivity index (χ0v) is 14.9. The molecule has 2 N–H and O–H groups in total. The molecule has 4 rings (SSSR count). The van der Waals surface area contributed by atoms with Crippen molar-refractivity contribution in [3.05, 3.63) is 59.9 Å². The van der Waals surface area contributed by atoms with E-state index in [0.29, 0.717) is 30.5 Å². The topological polar surface area (TPSA) is 111 Å². The number of hydrogen-bond acceptors (Lipinski definition) is 8. The number of carbonyl (C=O) groups excluding carboxylic acids is 1. The molecule has 4 heterocycles. The van der Waals surface area contributed by atoms with Gasteiger partial charge in [0.2, 0.25) is 0 Å². The quantitative estimate of drug-likeness (QED) is 0.472. The van der Waals surface area contributed by atoms with Crippen LogP contribution in [0.3, 0.4) is 0 Å². The summed E-state index contributed by atoms with van der Waals surface area (Å²) in [5, 5.41) is 23.9. The summed E-state index contributed by atoms with van der Waals surface area (Å²) in [4.78, 5) is 13.1. The molecule has 0 radical (unpaired) electrons. The van der Waals surface area contributed by atoms with Crippen LogP contribution in [0, 0.1) is 0 Å². The van der Waals surface area contributed by atoms with E-state index in [2.05, 4.69) is 31.1 Å². The maximum Gasteiger partial charge on any atom is 0.273 e. The minimum atomic E-state index is -0.288. The van der Waals surface area contributed by atoms with Gasteiger partial charge < -0.3 is 15.2 Å². The standard InChI is InChI=1S/C17H15N7O2S/c25-17(12-11-13(26-23-12)14-3-1-10-27-14)19-8-7-18-15-4-5-16(22-21-15)24-9-2-6-20-24/h1-6,9-11H,7-8H2,(H,18,21)(H,19,25). The third-order valence-electron chi connectivity index (χ3n) is 3.61. The SMILES string of the molecule is O=C(NCCNc1ccc(-n2cccn2)nn1)c1cc(-c2cccs2)on1. The molecule has 27 heavy (non-hydrogen) atoms. The molecule has 0 bridgehead atoms. The van der Waals surface area contributed by atoms with E-state index >= 15 is 0 Å². The Morgan fingerprint density at radius 2 is 2.15 bits per heavy atom. The molecule has 1 amide bonds. The lowest BCUT2D eigenvalue weighted by molar-refractivity contribution is 0.0946. The van der Waals surface area contributed by atoms with Crippen molar-refractivity contribution >= 4 is 23.1 Å². The van der Waals surface area contributed by atoms with Gasteiger partial charge in [0.15, 0.2) is 17.3 Å². The van der Waals surface area contributed by atoms with E-state index in [9.17, 15) is 4.79 Å². The number of thiophene rings is 1. The molecule has 0 unspecified atom stereocenters. The minimum absolute atomic E-state index is 0.252. The van der Waals surface area contributed by atoms with Crippen LogP contribution in [-0.4, -0.2) is 44.1 Å². The predicted molar refractivity (Wildman–Crippen MR) is 99.8 cm³/mol. The van der Waals surface area contributed by atoms with Crippen LogP contribution in [0.2, 0.25) is 0 Å². The van der Waals surface area contributed by atoms with Crippen LogP contribution in [0.25, 0.3) is 16.5 Å². The highest BCUT2D eigenvalue weighted by Gasteiger charge is 2.13. The molecule has 0 saturated heterocycles. The first-order valence-corrected chi connectivity index (χ1v) is 9.04. The number of hydrogen-bond donors (Lipinski definition) is 2. The van der Waals surface area contributed by atoms with E-state index < -0.39 is 0 Å². The molecule has 0 spiro atoms. The number of nitrogens with one attached hydrogen (secondary N) is 2. The minimum Gasteiger partial charge on any atom is -0.367 e. The normalized spacial score (nSPS) is 10.7. The van der Waals surface area contributed by atoms with Crippen LogP contribution >= 0.6 is 11.3 Å². The van der Waals surface area contributed by atoms with Crippen LogP contribution in [0.5, 0.6) is 0 Å². The molecule has 136 valence electrons. The smallest absolute Gasteiger partial charge is 0.273 e. The molecule has 9 nitrogen and oxygen atoms in total. The van der Waals surface area contributed by atoms with Crippen LogP contribution in [0.1, 0.15) is 10.5 Å². The first-order valence-electron chi connectivity index (χ1n) is 8.16. The highest BCUT2D eigenvalue weighted by molar-refractivity contribution is 7.13. The van der Waals surface area contributed by atoms with Gasteiger partial charge >= 0.3 is 0 Å². The Bertz CT molecular complexity index is 995. The van der Waals surface area contributed by atoms with Crippen molar-refractivity contribution in [2.24, 2.45) is 0 Å². The average molecular weight is 381 g/mol. The summed E-state index contributed by atoms with van der Waals surface area (Å²) in [6, 6.07) is 10.9. The van der Waals surface area contributed by atoms with Crippen molar-refractivity contribution in [3.8, 4) is 16.5 Å². The average Bonchev–Trinajstić information content (AvgIpc) is 3.47. The van der Waals surface area contributed by atoms with Crippen LogP contribution in [0.15, 0.2) is 58.7 Å². The van der Waals surface area contributed by atoms with Gasteiger partial charge in [-0.25, -0.2) is 4.68 Å². The number of anilines is 1. The molecule has 0 atom stereocenters. The van der Waals surface area contributed by atoms with E-state index in [0.717, 1.165) is 4.88 Å². The highest BCUT2D eigenvalue weighted by Crippen LogP contribution is 2.24. The van der Waals surface area contributed by atoms with Crippen molar-refractivity contribution in [1.29, 1.82) is 0 Å². The lowest BCUT2D eigenvalue weighted by Gasteiger charge is -2.06. The molecular formula is C17H15N7O2S. The third-order valence-corrected chi connectivity index (χ3v) is 4.50. The maximum absolute atomic E-state index is 12.1. The van der Waals surface area contributed by atoms with Gasteiger partial charge in [0.05, 0.1) is 4.88 Å². The van der Waals surface area contributed by atoms with E-state index in [1.165, 1.54) is 11.3 Å². The molecule has 0 aliphatic heterocycles. The maximum atomic E-state index is 12.1. The Balaban J connectivity index is 1.24. The summed E-state index contributed by atoms with van der Waals surface area (Å²) in [6.45, 7) is 0.903. The summed E-state index contributed by atoms with van der Waals surface area (Å²) < 4.78 is 6.83. The van der Waals surface area contributed by atoms with Gasteiger partial charge in [-0.2, -0.15) is 5.10 Å². The molecule has 0 aliphatic carbocycles. The van der Waals surface area contributed by atoms with E-state index in [-0.39, 0.29) is 11.6 Å². The number of amides is 1. The molecule has 0 aliphatic rings. The number of rotatable bonds is 7. The van der Waals surface area contributed by atoms with E-state index in [4.69, 9.17) is 4.52 Å². The van der Waals surface area contributed by atoms with Crippen molar-refractivity contribution in [2.45, 2.75) is 0 Å². The van der Waals surface area contributed by atoms with Crippen LogP contribution < -0.4 is 10.6 Å². The van der Waals surface area contributed by atoms with Crippen molar-refractivity contribution in [1.82, 2.24) is 30.5 Å². The molecule has 4 aromatic heterocycles. The highest BCUT2D eigenvalue weighted by atomic mass is 32.1. The molecular weight excluding hydrogens is 366 g/mol. The Morgan fingerprint density at radius 1 is 1.19 bits per heavy atom. The number of nitrogens with zero attached hydrogens (tertiary/aromatic N) is 5. The fourth-order valence-corrected chi connectivity index (χ4v) is 2.99. The van der Waals surface area contributed by atoms with E-state index in [1.54, 1.807) is 29.2 Å². The zero-order chi connectivity index (χ0) is 18.5. The summed E-state index contributed by atoms with van der Waals surface area (Å²) in [5.74, 6) is 1.54. The molecule has 10 heteroatoms. The second kappa shape index (κ2) is 7.79. The van der Waals surface area contributed by atoms with Gasteiger partial charge in [0, 0.05) is 31.5 Å². The second-order valence-corrected chi connectivity index (χ2v) is 6.41. The largest absolute Gasteiger partial charge is 0.367 e. The van der Waals surface area contributed by atoms with Crippen molar-refractivity contribution < 1.29 is 9.32 Å². The first kappa shape index (κ1) is 16.9. The fraction of sp³-hybridized carbons (Fsp3) is 0.118. The number of aromatic nitrogens is 5. The zero-order valence-electron chi connectivity index (χ0n) is 14.1. The van der Waals surface area contributed by atoms with Gasteiger partial charge in [-0.05, 0) is 29.6 Å². The first-order chi connectivity index (χ1) is 13.3. The Kier molecular flexibility index (Phi) is 4.88. The van der Waals surface area contributed by atoms with Crippen molar-refractivity contribution in [2.75, 3.05) is 18.4 Å². The summed E-state index contributed by atoms with van der Waals surface area (Å²) >= 11 is 1.53. The van der Waals surface area contributed by atoms with Gasteiger partial charge in [0.1, 0.15) is 5.82 Å². The Morgan fingerprint density at radius 3 is 2.89 bits per heavy atom. The fourth-order valence-electron chi connectivity index (χ4n) is 2.32. The molecule has 0 aromatic carbocycles. The molecule has 0 saturated carbocycles. The van der Waals surface area contributed by atoms with E-state index in [1.807, 2.05) is 29.6 Å². The van der Waals surface area contributed by atoms with Gasteiger partial charge in [-0.3, -0.25) is 4.79 Å². The third kappa shape index (κ3) is 4.01. The summed E-state index contributed by atoms with van der Waals surface area (Å²) in [6.07, 6.45) is 3.47. The van der Waals surface area contributed by atoms with Crippen molar-refractivity contribution in [3.63, 3.8) is 0 Å². The monoisotopic (exact) mass is 381 g/mol. The Labute approximate surface area is 158 Å².